The summed E-state index contributed by atoms with van der Waals surface area (Å²) in [6.45, 7) is 9.65. The molecule has 3 aliphatic rings. The number of rotatable bonds is 6. The molecule has 0 radical (unpaired) electrons. The molecule has 10 heteroatoms. The Labute approximate surface area is 261 Å². The van der Waals surface area contributed by atoms with E-state index in [1.165, 1.54) is 18.9 Å². The Kier molecular flexibility index (Phi) is 7.02. The Hall–Kier alpha value is -4.02. The van der Waals surface area contributed by atoms with E-state index in [2.05, 4.69) is 9.80 Å². The monoisotopic (exact) mass is 610 g/mol. The van der Waals surface area contributed by atoms with Crippen molar-refractivity contribution in [3.63, 3.8) is 0 Å². The summed E-state index contributed by atoms with van der Waals surface area (Å²) in [4.78, 5) is 15.1. The molecular formula is C35H39FN6O3. The minimum atomic E-state index is -0.261. The summed E-state index contributed by atoms with van der Waals surface area (Å²) in [5.74, 6) is 0.664. The molecule has 3 aliphatic heterocycles. The highest BCUT2D eigenvalue weighted by molar-refractivity contribution is 6.08. The first-order valence-electron chi connectivity index (χ1n) is 16.3. The topological polar surface area (TPSA) is 88.3 Å². The lowest BCUT2D eigenvalue weighted by molar-refractivity contribution is 0.108. The quantitative estimate of drug-likeness (QED) is 0.249. The minimum Gasteiger partial charge on any atom is -0.508 e. The van der Waals surface area contributed by atoms with Crippen LogP contribution in [0.1, 0.15) is 50.2 Å². The number of anilines is 1. The third kappa shape index (κ3) is 4.60. The van der Waals surface area contributed by atoms with Gasteiger partial charge in [-0.25, -0.2) is 8.91 Å². The summed E-state index contributed by atoms with van der Waals surface area (Å²) in [5, 5.41) is 18.1. The lowest BCUT2D eigenvalue weighted by Gasteiger charge is -2.31. The van der Waals surface area contributed by atoms with Gasteiger partial charge in [-0.15, -0.1) is 0 Å². The summed E-state index contributed by atoms with van der Waals surface area (Å²) in [7, 11) is 0. The van der Waals surface area contributed by atoms with E-state index in [0.29, 0.717) is 49.9 Å². The van der Waals surface area contributed by atoms with Gasteiger partial charge in [0.2, 0.25) is 0 Å². The molecule has 0 spiro atoms. The number of fused-ring (bicyclic) bond motifs is 5. The second kappa shape index (κ2) is 11.1. The minimum absolute atomic E-state index is 0.0612. The predicted octanol–water partition coefficient (Wildman–Crippen LogP) is 6.05. The molecule has 3 saturated heterocycles. The SMILES string of the molecule is CCc1c(F)ccc2cc(O)cc(-c3c(C)c4nc(OCC56CCCN5CCC6)nc(N5CCCOCC5)c4c4ccnn34)c12. The van der Waals surface area contributed by atoms with Crippen molar-refractivity contribution in [2.24, 2.45) is 0 Å². The molecule has 9 nitrogen and oxygen atoms in total. The van der Waals surface area contributed by atoms with Crippen LogP contribution in [0, 0.1) is 12.7 Å². The molecule has 5 aromatic rings. The Balaban J connectivity index is 1.38. The van der Waals surface area contributed by atoms with Crippen molar-refractivity contribution in [1.82, 2.24) is 24.5 Å². The molecule has 234 valence electrons. The van der Waals surface area contributed by atoms with E-state index in [-0.39, 0.29) is 17.1 Å². The number of benzene rings is 2. The maximum absolute atomic E-state index is 15.2. The van der Waals surface area contributed by atoms with Gasteiger partial charge in [-0.1, -0.05) is 13.0 Å². The third-order valence-corrected chi connectivity index (χ3v) is 10.3. The van der Waals surface area contributed by atoms with Gasteiger partial charge in [0.15, 0.2) is 0 Å². The lowest BCUT2D eigenvalue weighted by atomic mass is 9.92. The zero-order chi connectivity index (χ0) is 30.7. The molecule has 0 amide bonds. The van der Waals surface area contributed by atoms with E-state index in [9.17, 15) is 5.11 Å². The van der Waals surface area contributed by atoms with Crippen LogP contribution in [0.5, 0.6) is 11.8 Å². The molecular weight excluding hydrogens is 571 g/mol. The Bertz CT molecular complexity index is 1920. The predicted molar refractivity (Wildman–Crippen MR) is 173 cm³/mol. The fraction of sp³-hybridized carbons (Fsp3) is 0.457. The van der Waals surface area contributed by atoms with E-state index >= 15 is 4.39 Å². The molecule has 3 fully saturated rings. The van der Waals surface area contributed by atoms with Crippen molar-refractivity contribution in [2.45, 2.75) is 57.9 Å². The van der Waals surface area contributed by atoms with Crippen molar-refractivity contribution in [3.05, 3.63) is 53.5 Å². The van der Waals surface area contributed by atoms with Gasteiger partial charge in [-0.3, -0.25) is 4.90 Å². The molecule has 0 unspecified atom stereocenters. The number of phenols is 1. The number of aromatic hydroxyl groups is 1. The normalized spacial score (nSPS) is 18.7. The maximum Gasteiger partial charge on any atom is 0.319 e. The average Bonchev–Trinajstić information content (AvgIpc) is 3.71. The summed E-state index contributed by atoms with van der Waals surface area (Å²) in [6.07, 6.45) is 7.84. The first-order chi connectivity index (χ1) is 22.0. The summed E-state index contributed by atoms with van der Waals surface area (Å²) in [5.41, 5.74) is 4.62. The van der Waals surface area contributed by atoms with E-state index in [1.807, 2.05) is 24.4 Å². The molecule has 1 N–H and O–H groups in total. The van der Waals surface area contributed by atoms with Crippen LogP contribution in [-0.2, 0) is 11.2 Å². The maximum atomic E-state index is 15.2. The number of halogens is 1. The fourth-order valence-corrected chi connectivity index (χ4v) is 8.14. The molecule has 6 heterocycles. The van der Waals surface area contributed by atoms with Crippen LogP contribution in [0.25, 0.3) is 38.4 Å². The number of aromatic nitrogens is 4. The smallest absolute Gasteiger partial charge is 0.319 e. The van der Waals surface area contributed by atoms with Gasteiger partial charge in [-0.05, 0) is 99.1 Å². The van der Waals surface area contributed by atoms with Crippen molar-refractivity contribution < 1.29 is 19.0 Å². The van der Waals surface area contributed by atoms with Crippen molar-refractivity contribution in [2.75, 3.05) is 50.9 Å². The number of pyridine rings is 1. The van der Waals surface area contributed by atoms with Crippen LogP contribution >= 0.6 is 0 Å². The molecule has 3 aromatic heterocycles. The molecule has 45 heavy (non-hydrogen) atoms. The first kappa shape index (κ1) is 28.5. The van der Waals surface area contributed by atoms with Crippen molar-refractivity contribution in [3.8, 4) is 23.0 Å². The number of nitrogens with zero attached hydrogens (tertiary/aromatic N) is 6. The fourth-order valence-electron chi connectivity index (χ4n) is 8.14. The third-order valence-electron chi connectivity index (χ3n) is 10.3. The second-order valence-corrected chi connectivity index (χ2v) is 12.8. The summed E-state index contributed by atoms with van der Waals surface area (Å²) >= 11 is 0. The molecule has 2 aromatic carbocycles. The van der Waals surface area contributed by atoms with Crippen molar-refractivity contribution in [1.29, 1.82) is 0 Å². The summed E-state index contributed by atoms with van der Waals surface area (Å²) < 4.78 is 29.5. The van der Waals surface area contributed by atoms with Gasteiger partial charge >= 0.3 is 6.01 Å². The lowest BCUT2D eigenvalue weighted by Crippen LogP contribution is -2.43. The first-order valence-corrected chi connectivity index (χ1v) is 16.3. The molecule has 0 aliphatic carbocycles. The molecule has 0 bridgehead atoms. The Morgan fingerprint density at radius 2 is 1.84 bits per heavy atom. The van der Waals surface area contributed by atoms with Gasteiger partial charge in [-0.2, -0.15) is 15.1 Å². The average molecular weight is 611 g/mol. The van der Waals surface area contributed by atoms with Crippen molar-refractivity contribution >= 4 is 33.0 Å². The number of ether oxygens (including phenoxy) is 2. The van der Waals surface area contributed by atoms with E-state index in [1.54, 1.807) is 24.4 Å². The largest absolute Gasteiger partial charge is 0.508 e. The van der Waals surface area contributed by atoms with Crippen LogP contribution in [0.2, 0.25) is 0 Å². The Morgan fingerprint density at radius 1 is 1.00 bits per heavy atom. The number of aryl methyl sites for hydroxylation is 2. The van der Waals surface area contributed by atoms with Crippen LogP contribution in [0.4, 0.5) is 10.2 Å². The van der Waals surface area contributed by atoms with E-state index in [0.717, 1.165) is 83.2 Å². The zero-order valence-corrected chi connectivity index (χ0v) is 26.0. The number of phenolic OH excluding ortho intramolecular Hbond substituents is 1. The Morgan fingerprint density at radius 3 is 2.67 bits per heavy atom. The van der Waals surface area contributed by atoms with Crippen LogP contribution in [-0.4, -0.2) is 81.1 Å². The van der Waals surface area contributed by atoms with Crippen LogP contribution in [0.3, 0.4) is 0 Å². The van der Waals surface area contributed by atoms with Gasteiger partial charge < -0.3 is 19.5 Å². The second-order valence-electron chi connectivity index (χ2n) is 12.8. The van der Waals surface area contributed by atoms with E-state index < -0.39 is 0 Å². The van der Waals surface area contributed by atoms with Gasteiger partial charge in [0.1, 0.15) is 24.0 Å². The highest BCUT2D eigenvalue weighted by Gasteiger charge is 2.45. The highest BCUT2D eigenvalue weighted by atomic mass is 19.1. The zero-order valence-electron chi connectivity index (χ0n) is 26.0. The van der Waals surface area contributed by atoms with Crippen LogP contribution < -0.4 is 9.64 Å². The summed E-state index contributed by atoms with van der Waals surface area (Å²) in [6, 6.07) is 8.96. The van der Waals surface area contributed by atoms with Gasteiger partial charge in [0.05, 0.1) is 40.5 Å². The van der Waals surface area contributed by atoms with Gasteiger partial charge in [0.25, 0.3) is 0 Å². The van der Waals surface area contributed by atoms with Crippen LogP contribution in [0.15, 0.2) is 36.5 Å². The highest BCUT2D eigenvalue weighted by Crippen LogP contribution is 2.43. The molecule has 8 rings (SSSR count). The number of hydrogen-bond acceptors (Lipinski definition) is 8. The van der Waals surface area contributed by atoms with Gasteiger partial charge in [0, 0.05) is 30.8 Å². The van der Waals surface area contributed by atoms with E-state index in [4.69, 9.17) is 24.5 Å². The standard InChI is InChI=1S/C35H39FN6O3/c1-3-25-27(36)8-7-23-19-24(43)20-26(29(23)25)32-22(2)31-30(28-9-12-37-42(28)32)33(40-13-6-17-44-18-16-40)39-34(38-31)45-21-35-10-4-14-41(35)15-5-11-35/h7-9,12,19-20,43H,3-6,10-11,13-18,21H2,1-2H3. The molecule has 0 saturated carbocycles. The number of hydrogen-bond donors (Lipinski definition) is 1. The molecule has 0 atom stereocenters.